The van der Waals surface area contributed by atoms with Gasteiger partial charge < -0.3 is 9.80 Å². The highest BCUT2D eigenvalue weighted by Crippen LogP contribution is 2.48. The van der Waals surface area contributed by atoms with E-state index in [1.807, 2.05) is 22.7 Å². The predicted octanol–water partition coefficient (Wildman–Crippen LogP) is 2.75. The fourth-order valence-electron chi connectivity index (χ4n) is 3.79. The lowest BCUT2D eigenvalue weighted by atomic mass is 9.81. The summed E-state index contributed by atoms with van der Waals surface area (Å²) in [4.78, 5) is 20.7. The van der Waals surface area contributed by atoms with Gasteiger partial charge in [0.05, 0.1) is 6.54 Å². The fourth-order valence-corrected chi connectivity index (χ4v) is 4.83. The highest BCUT2D eigenvalue weighted by atomic mass is 35.5. The first-order chi connectivity index (χ1) is 10.6. The van der Waals surface area contributed by atoms with Crippen LogP contribution in [0.4, 0.5) is 5.69 Å². The monoisotopic (exact) mass is 335 g/mol. The number of amidine groups is 1. The number of nitrogens with zero attached hydrogens (tertiary/aromatic N) is 3. The minimum Gasteiger partial charge on any atom is -0.342 e. The molecule has 4 rings (SSSR count). The van der Waals surface area contributed by atoms with E-state index in [0.717, 1.165) is 48.5 Å². The lowest BCUT2D eigenvalue weighted by Crippen LogP contribution is -2.38. The number of hydrogen-bond donors (Lipinski definition) is 0. The molecule has 0 saturated carbocycles. The van der Waals surface area contributed by atoms with Crippen LogP contribution in [0, 0.1) is 0 Å². The van der Waals surface area contributed by atoms with E-state index in [-0.39, 0.29) is 11.3 Å². The van der Waals surface area contributed by atoms with Crippen molar-refractivity contribution in [3.63, 3.8) is 0 Å². The summed E-state index contributed by atoms with van der Waals surface area (Å²) >= 11 is 8.08. The molecule has 3 heterocycles. The standard InChI is InChI=1S/C16H18ClN3OS/c1-11(21)19-6-4-16(9-19)10-20(15-18-5-7-22-15)14-3-2-12(17)8-13(14)16/h2-3,8H,4-7,9-10H2,1H3. The van der Waals surface area contributed by atoms with E-state index < -0.39 is 0 Å². The Kier molecular flexibility index (Phi) is 3.38. The summed E-state index contributed by atoms with van der Waals surface area (Å²) in [6, 6.07) is 6.13. The number of thioether (sulfide) groups is 1. The van der Waals surface area contributed by atoms with E-state index in [1.54, 1.807) is 6.92 Å². The summed E-state index contributed by atoms with van der Waals surface area (Å²) in [6.07, 6.45) is 0.994. The van der Waals surface area contributed by atoms with Crippen LogP contribution >= 0.6 is 23.4 Å². The Bertz CT molecular complexity index is 677. The molecule has 1 unspecified atom stereocenters. The van der Waals surface area contributed by atoms with Crippen molar-refractivity contribution in [1.82, 2.24) is 4.90 Å². The molecule has 1 aromatic rings. The SMILES string of the molecule is CC(=O)N1CCC2(C1)CN(C1=NCCS1)c1ccc(Cl)cc12. The number of likely N-dealkylation sites (tertiary alicyclic amines) is 1. The summed E-state index contributed by atoms with van der Waals surface area (Å²) in [7, 11) is 0. The molecular formula is C16H18ClN3OS. The quantitative estimate of drug-likeness (QED) is 0.731. The van der Waals surface area contributed by atoms with E-state index in [4.69, 9.17) is 11.6 Å². The lowest BCUT2D eigenvalue weighted by Gasteiger charge is -2.25. The Morgan fingerprint density at radius 2 is 2.27 bits per heavy atom. The predicted molar refractivity (Wildman–Crippen MR) is 92.1 cm³/mol. The van der Waals surface area contributed by atoms with Gasteiger partial charge in [-0.2, -0.15) is 0 Å². The first kappa shape index (κ1) is 14.4. The van der Waals surface area contributed by atoms with E-state index in [9.17, 15) is 4.79 Å². The zero-order valence-corrected chi connectivity index (χ0v) is 14.1. The number of halogens is 1. The molecule has 0 bridgehead atoms. The van der Waals surface area contributed by atoms with Gasteiger partial charge in [0.1, 0.15) is 0 Å². The largest absolute Gasteiger partial charge is 0.342 e. The molecule has 1 saturated heterocycles. The number of carbonyl (C=O) groups is 1. The van der Waals surface area contributed by atoms with Crippen molar-refractivity contribution >= 4 is 40.1 Å². The smallest absolute Gasteiger partial charge is 0.219 e. The molecule has 0 radical (unpaired) electrons. The van der Waals surface area contributed by atoms with Gasteiger partial charge in [0, 0.05) is 48.4 Å². The maximum atomic E-state index is 11.8. The molecule has 4 nitrogen and oxygen atoms in total. The lowest BCUT2D eigenvalue weighted by molar-refractivity contribution is -0.127. The van der Waals surface area contributed by atoms with E-state index in [0.29, 0.717) is 0 Å². The van der Waals surface area contributed by atoms with Crippen molar-refractivity contribution in [2.45, 2.75) is 18.8 Å². The van der Waals surface area contributed by atoms with Crippen LogP contribution in [0.5, 0.6) is 0 Å². The molecule has 1 fully saturated rings. The number of hydrogen-bond acceptors (Lipinski definition) is 4. The molecule has 1 spiro atoms. The van der Waals surface area contributed by atoms with Gasteiger partial charge >= 0.3 is 0 Å². The molecule has 3 aliphatic heterocycles. The highest BCUT2D eigenvalue weighted by molar-refractivity contribution is 8.14. The maximum absolute atomic E-state index is 11.8. The first-order valence-corrected chi connectivity index (χ1v) is 8.96. The van der Waals surface area contributed by atoms with Crippen molar-refractivity contribution in [1.29, 1.82) is 0 Å². The van der Waals surface area contributed by atoms with Gasteiger partial charge in [0.15, 0.2) is 5.17 Å². The molecule has 116 valence electrons. The zero-order valence-electron chi connectivity index (χ0n) is 12.5. The highest BCUT2D eigenvalue weighted by Gasteiger charge is 2.49. The van der Waals surface area contributed by atoms with Crippen molar-refractivity contribution in [2.75, 3.05) is 36.8 Å². The average Bonchev–Trinajstić information content (AvgIpc) is 3.20. The molecule has 0 aromatic heterocycles. The number of amides is 1. The van der Waals surface area contributed by atoms with Crippen LogP contribution in [-0.4, -0.2) is 47.9 Å². The third-order valence-corrected chi connectivity index (χ3v) is 6.11. The summed E-state index contributed by atoms with van der Waals surface area (Å²) in [5.74, 6) is 1.22. The number of carbonyl (C=O) groups excluding carboxylic acids is 1. The average molecular weight is 336 g/mol. The molecule has 0 aliphatic carbocycles. The maximum Gasteiger partial charge on any atom is 0.219 e. The normalized spacial score (nSPS) is 26.7. The Balaban J connectivity index is 1.76. The topological polar surface area (TPSA) is 35.9 Å². The molecular weight excluding hydrogens is 318 g/mol. The van der Waals surface area contributed by atoms with Gasteiger partial charge in [-0.25, -0.2) is 0 Å². The Labute approximate surface area is 139 Å². The molecule has 1 amide bonds. The van der Waals surface area contributed by atoms with Gasteiger partial charge in [-0.3, -0.25) is 9.79 Å². The second-order valence-electron chi connectivity index (χ2n) is 6.23. The van der Waals surface area contributed by atoms with Gasteiger partial charge in [-0.15, -0.1) is 0 Å². The molecule has 22 heavy (non-hydrogen) atoms. The Hall–Kier alpha value is -1.20. The number of aliphatic imine (C=N–C) groups is 1. The summed E-state index contributed by atoms with van der Waals surface area (Å²) < 4.78 is 0. The molecule has 6 heteroatoms. The van der Waals surface area contributed by atoms with Crippen molar-refractivity contribution in [3.05, 3.63) is 28.8 Å². The molecule has 1 atom stereocenters. The summed E-state index contributed by atoms with van der Waals surface area (Å²) in [5, 5.41) is 1.88. The van der Waals surface area contributed by atoms with Crippen LogP contribution in [0.3, 0.4) is 0 Å². The van der Waals surface area contributed by atoms with Crippen LogP contribution < -0.4 is 4.90 Å². The summed E-state index contributed by atoms with van der Waals surface area (Å²) in [5.41, 5.74) is 2.49. The third-order valence-electron chi connectivity index (χ3n) is 4.88. The first-order valence-electron chi connectivity index (χ1n) is 7.59. The van der Waals surface area contributed by atoms with Gasteiger partial charge in [0.25, 0.3) is 0 Å². The summed E-state index contributed by atoms with van der Waals surface area (Å²) in [6.45, 7) is 5.06. The van der Waals surface area contributed by atoms with Crippen LogP contribution in [0.2, 0.25) is 5.02 Å². The molecule has 3 aliphatic rings. The van der Waals surface area contributed by atoms with Crippen LogP contribution in [0.15, 0.2) is 23.2 Å². The molecule has 0 N–H and O–H groups in total. The van der Waals surface area contributed by atoms with Crippen molar-refractivity contribution in [3.8, 4) is 0 Å². The third kappa shape index (κ3) is 2.14. The van der Waals surface area contributed by atoms with E-state index in [2.05, 4.69) is 22.0 Å². The van der Waals surface area contributed by atoms with Crippen molar-refractivity contribution < 1.29 is 4.79 Å². The Morgan fingerprint density at radius 1 is 1.41 bits per heavy atom. The van der Waals surface area contributed by atoms with Crippen molar-refractivity contribution in [2.24, 2.45) is 4.99 Å². The van der Waals surface area contributed by atoms with Gasteiger partial charge in [0.2, 0.25) is 5.91 Å². The zero-order chi connectivity index (χ0) is 15.3. The minimum atomic E-state index is -0.00241. The Morgan fingerprint density at radius 3 is 2.95 bits per heavy atom. The number of benzene rings is 1. The van der Waals surface area contributed by atoms with Gasteiger partial charge in [-0.05, 0) is 30.2 Å². The van der Waals surface area contributed by atoms with E-state index >= 15 is 0 Å². The minimum absolute atomic E-state index is 0.00241. The second-order valence-corrected chi connectivity index (χ2v) is 7.73. The van der Waals surface area contributed by atoms with Crippen LogP contribution in [0.1, 0.15) is 18.9 Å². The molecule has 1 aromatic carbocycles. The van der Waals surface area contributed by atoms with Gasteiger partial charge in [-0.1, -0.05) is 23.4 Å². The number of fused-ring (bicyclic) bond motifs is 2. The number of anilines is 1. The fraction of sp³-hybridized carbons (Fsp3) is 0.500. The van der Waals surface area contributed by atoms with E-state index in [1.165, 1.54) is 11.3 Å². The second kappa shape index (κ2) is 5.17. The number of rotatable bonds is 0. The van der Waals surface area contributed by atoms with Crippen LogP contribution in [-0.2, 0) is 10.2 Å². The van der Waals surface area contributed by atoms with Crippen LogP contribution in [0.25, 0.3) is 0 Å².